The number of nitriles is 1. The Morgan fingerprint density at radius 1 is 1.42 bits per heavy atom. The highest BCUT2D eigenvalue weighted by molar-refractivity contribution is 5.78. The number of hydrogen-bond acceptors (Lipinski definition) is 4. The van der Waals surface area contributed by atoms with Gasteiger partial charge in [0.15, 0.2) is 0 Å². The van der Waals surface area contributed by atoms with E-state index in [9.17, 15) is 4.79 Å². The van der Waals surface area contributed by atoms with Gasteiger partial charge < -0.3 is 15.1 Å². The molecule has 2 rings (SSSR count). The number of rotatable bonds is 8. The molecule has 1 amide bonds. The first-order chi connectivity index (χ1) is 12.6. The third-order valence-corrected chi connectivity index (χ3v) is 4.79. The summed E-state index contributed by atoms with van der Waals surface area (Å²) in [5.41, 5.74) is 3.89. The molecule has 0 saturated heterocycles. The fourth-order valence-electron chi connectivity index (χ4n) is 3.35. The number of nitrogens with one attached hydrogen (secondary N) is 1. The molecule has 0 fully saturated rings. The van der Waals surface area contributed by atoms with Gasteiger partial charge in [-0.05, 0) is 44.7 Å². The minimum atomic E-state index is -0.382. The maximum atomic E-state index is 12.4. The topological polar surface area (TPSA) is 59.4 Å². The monoisotopic (exact) mass is 354 g/mol. The number of carbonyl (C=O) groups is 1. The highest BCUT2D eigenvalue weighted by Crippen LogP contribution is 2.28. The number of carbonyl (C=O) groups excluding carboxylic acids is 1. The van der Waals surface area contributed by atoms with Crippen LogP contribution in [0.3, 0.4) is 0 Å². The summed E-state index contributed by atoms with van der Waals surface area (Å²) in [5.74, 6) is -0.00979. The Morgan fingerprint density at radius 2 is 2.19 bits per heavy atom. The van der Waals surface area contributed by atoms with E-state index in [4.69, 9.17) is 5.26 Å². The molecule has 5 nitrogen and oxygen atoms in total. The largest absolute Gasteiger partial charge is 0.344 e. The van der Waals surface area contributed by atoms with Crippen molar-refractivity contribution in [3.8, 4) is 6.07 Å². The number of anilines is 1. The molecule has 0 bridgehead atoms. The Morgan fingerprint density at radius 3 is 2.92 bits per heavy atom. The molecule has 1 heterocycles. The average molecular weight is 354 g/mol. The van der Waals surface area contributed by atoms with E-state index in [0.717, 1.165) is 25.8 Å². The van der Waals surface area contributed by atoms with Crippen LogP contribution in [0.5, 0.6) is 0 Å². The molecule has 0 aliphatic carbocycles. The van der Waals surface area contributed by atoms with E-state index in [0.29, 0.717) is 13.1 Å². The minimum Gasteiger partial charge on any atom is -0.344 e. The number of fused-ring (bicyclic) bond motifs is 1. The number of amides is 1. The van der Waals surface area contributed by atoms with Crippen LogP contribution in [0.25, 0.3) is 0 Å². The van der Waals surface area contributed by atoms with E-state index in [-0.39, 0.29) is 18.5 Å². The van der Waals surface area contributed by atoms with Crippen molar-refractivity contribution in [2.45, 2.75) is 46.1 Å². The van der Waals surface area contributed by atoms with Gasteiger partial charge in [0, 0.05) is 31.0 Å². The number of aryl methyl sites for hydroxylation is 1. The van der Waals surface area contributed by atoms with Crippen LogP contribution < -0.4 is 10.2 Å². The Bertz CT molecular complexity index is 677. The highest BCUT2D eigenvalue weighted by atomic mass is 16.2. The molecule has 0 saturated carbocycles. The Kier molecular flexibility index (Phi) is 7.68. The van der Waals surface area contributed by atoms with E-state index >= 15 is 0 Å². The second kappa shape index (κ2) is 9.98. The lowest BCUT2D eigenvalue weighted by atomic mass is 10.1. The molecule has 1 atom stereocenters. The third-order valence-electron chi connectivity index (χ3n) is 4.79. The van der Waals surface area contributed by atoms with Crippen molar-refractivity contribution in [3.05, 3.63) is 41.6 Å². The van der Waals surface area contributed by atoms with Gasteiger partial charge in [-0.2, -0.15) is 5.26 Å². The first-order valence-corrected chi connectivity index (χ1v) is 9.50. The van der Waals surface area contributed by atoms with Gasteiger partial charge in [-0.3, -0.25) is 4.79 Å². The number of nitrogens with zero attached hydrogens (tertiary/aromatic N) is 3. The lowest BCUT2D eigenvalue weighted by molar-refractivity contribution is -0.131. The van der Waals surface area contributed by atoms with Crippen LogP contribution in [0.1, 0.15) is 39.2 Å². The number of benzene rings is 1. The van der Waals surface area contributed by atoms with Gasteiger partial charge in [-0.1, -0.05) is 31.2 Å². The first-order valence-electron chi connectivity index (χ1n) is 9.50. The van der Waals surface area contributed by atoms with Crippen molar-refractivity contribution in [2.24, 2.45) is 0 Å². The average Bonchev–Trinajstić information content (AvgIpc) is 2.81. The lowest BCUT2D eigenvalue weighted by Gasteiger charge is -2.27. The molecule has 0 radical (unpaired) electrons. The Balaban J connectivity index is 1.91. The van der Waals surface area contributed by atoms with Gasteiger partial charge >= 0.3 is 0 Å². The van der Waals surface area contributed by atoms with Gasteiger partial charge in [0.05, 0.1) is 12.6 Å². The van der Waals surface area contributed by atoms with Gasteiger partial charge in [0.1, 0.15) is 6.04 Å². The number of para-hydroxylation sites is 1. The van der Waals surface area contributed by atoms with Gasteiger partial charge in [-0.15, -0.1) is 0 Å². The third kappa shape index (κ3) is 5.09. The molecule has 26 heavy (non-hydrogen) atoms. The van der Waals surface area contributed by atoms with Crippen LogP contribution in [0.15, 0.2) is 36.0 Å². The Hall–Kier alpha value is -2.32. The quantitative estimate of drug-likeness (QED) is 0.729. The van der Waals surface area contributed by atoms with E-state index in [1.165, 1.54) is 16.9 Å². The van der Waals surface area contributed by atoms with Crippen LogP contribution in [-0.2, 0) is 11.2 Å². The SMILES string of the molecule is CCCN(C(=O)CNCCN1C(C)=CCCc2ccccc21)C(C)C#N. The second-order valence-corrected chi connectivity index (χ2v) is 6.73. The summed E-state index contributed by atoms with van der Waals surface area (Å²) < 4.78 is 0. The van der Waals surface area contributed by atoms with Crippen molar-refractivity contribution < 1.29 is 4.79 Å². The van der Waals surface area contributed by atoms with Crippen LogP contribution in [0.2, 0.25) is 0 Å². The van der Waals surface area contributed by atoms with Crippen molar-refractivity contribution in [2.75, 3.05) is 31.1 Å². The van der Waals surface area contributed by atoms with E-state index in [2.05, 4.69) is 53.6 Å². The van der Waals surface area contributed by atoms with E-state index in [1.807, 2.05) is 6.92 Å². The maximum absolute atomic E-state index is 12.4. The first kappa shape index (κ1) is 20.0. The van der Waals surface area contributed by atoms with E-state index < -0.39 is 0 Å². The van der Waals surface area contributed by atoms with Crippen molar-refractivity contribution in [1.29, 1.82) is 5.26 Å². The van der Waals surface area contributed by atoms with Crippen molar-refractivity contribution in [3.63, 3.8) is 0 Å². The molecule has 140 valence electrons. The van der Waals surface area contributed by atoms with Crippen LogP contribution in [0.4, 0.5) is 5.69 Å². The summed E-state index contributed by atoms with van der Waals surface area (Å²) in [6.45, 7) is 8.35. The summed E-state index contributed by atoms with van der Waals surface area (Å²) in [5, 5.41) is 12.3. The van der Waals surface area contributed by atoms with Crippen molar-refractivity contribution >= 4 is 11.6 Å². The molecule has 1 N–H and O–H groups in total. The predicted octanol–water partition coefficient (Wildman–Crippen LogP) is 3.08. The summed E-state index contributed by atoms with van der Waals surface area (Å²) in [6.07, 6.45) is 5.26. The summed E-state index contributed by atoms with van der Waals surface area (Å²) >= 11 is 0. The Labute approximate surface area is 157 Å². The fourth-order valence-corrected chi connectivity index (χ4v) is 3.35. The molecular formula is C21H30N4O. The predicted molar refractivity (Wildman–Crippen MR) is 106 cm³/mol. The molecule has 1 aromatic rings. The van der Waals surface area contributed by atoms with E-state index in [1.54, 1.807) is 11.8 Å². The summed E-state index contributed by atoms with van der Waals surface area (Å²) in [6, 6.07) is 10.3. The summed E-state index contributed by atoms with van der Waals surface area (Å²) in [7, 11) is 0. The van der Waals surface area contributed by atoms with Gasteiger partial charge in [0.2, 0.25) is 5.91 Å². The zero-order valence-electron chi connectivity index (χ0n) is 16.2. The number of hydrogen-bond donors (Lipinski definition) is 1. The van der Waals surface area contributed by atoms with Crippen LogP contribution in [0, 0.1) is 11.3 Å². The van der Waals surface area contributed by atoms with Gasteiger partial charge in [0.25, 0.3) is 0 Å². The molecule has 1 unspecified atom stereocenters. The molecular weight excluding hydrogens is 324 g/mol. The normalized spacial score (nSPS) is 14.7. The standard InChI is InChI=1S/C21H30N4O/c1-4-13-25(18(3)15-22)21(26)16-23-12-14-24-17(2)8-7-10-19-9-5-6-11-20(19)24/h5-6,8-9,11,18,23H,4,7,10,12-14,16H2,1-3H3. The van der Waals surface area contributed by atoms with Gasteiger partial charge in [-0.25, -0.2) is 0 Å². The number of allylic oxidation sites excluding steroid dienone is 2. The lowest BCUT2D eigenvalue weighted by Crippen LogP contribution is -2.44. The molecule has 1 aliphatic rings. The van der Waals surface area contributed by atoms with Crippen LogP contribution >= 0.6 is 0 Å². The highest BCUT2D eigenvalue weighted by Gasteiger charge is 2.19. The summed E-state index contributed by atoms with van der Waals surface area (Å²) in [4.78, 5) is 16.4. The zero-order valence-corrected chi connectivity index (χ0v) is 16.2. The second-order valence-electron chi connectivity index (χ2n) is 6.73. The molecule has 1 aromatic carbocycles. The van der Waals surface area contributed by atoms with Crippen molar-refractivity contribution in [1.82, 2.24) is 10.2 Å². The molecule has 5 heteroatoms. The zero-order chi connectivity index (χ0) is 18.9. The van der Waals surface area contributed by atoms with Crippen LogP contribution in [-0.4, -0.2) is 43.0 Å². The molecule has 0 spiro atoms. The fraction of sp³-hybridized carbons (Fsp3) is 0.524. The molecule has 1 aliphatic heterocycles. The molecule has 0 aromatic heterocycles. The minimum absolute atomic E-state index is 0.00979. The maximum Gasteiger partial charge on any atom is 0.237 e. The smallest absolute Gasteiger partial charge is 0.237 e.